The number of halogens is 1. The monoisotopic (exact) mass is 344 g/mol. The lowest BCUT2D eigenvalue weighted by Crippen LogP contribution is -2.41. The van der Waals surface area contributed by atoms with Crippen molar-refractivity contribution in [3.8, 4) is 0 Å². The summed E-state index contributed by atoms with van der Waals surface area (Å²) in [4.78, 5) is 11.9. The highest BCUT2D eigenvalue weighted by molar-refractivity contribution is 7.88. The van der Waals surface area contributed by atoms with Crippen LogP contribution in [0.4, 0.5) is 4.39 Å². The van der Waals surface area contributed by atoms with Gasteiger partial charge < -0.3 is 5.32 Å². The molecular weight excluding hydrogens is 319 g/mol. The van der Waals surface area contributed by atoms with Crippen LogP contribution in [-0.2, 0) is 21.2 Å². The summed E-state index contributed by atoms with van der Waals surface area (Å²) < 4.78 is 37.6. The van der Waals surface area contributed by atoms with E-state index in [1.54, 1.807) is 12.1 Å². The molecule has 0 unspecified atom stereocenters. The highest BCUT2D eigenvalue weighted by Gasteiger charge is 2.19. The molecule has 1 amide bonds. The van der Waals surface area contributed by atoms with Crippen molar-refractivity contribution in [3.63, 3.8) is 0 Å². The highest BCUT2D eigenvalue weighted by Crippen LogP contribution is 2.06. The first-order valence-corrected chi connectivity index (χ1v) is 9.49. The van der Waals surface area contributed by atoms with Crippen LogP contribution in [-0.4, -0.2) is 44.5 Å². The lowest BCUT2D eigenvalue weighted by molar-refractivity contribution is -0.121. The number of sulfonamides is 1. The van der Waals surface area contributed by atoms with Crippen LogP contribution >= 0.6 is 0 Å². The SMILES string of the molecule is CC(C)CCNC(=O)CN(CCc1ccc(F)cc1)S(C)(=O)=O. The van der Waals surface area contributed by atoms with E-state index in [9.17, 15) is 17.6 Å². The van der Waals surface area contributed by atoms with Gasteiger partial charge in [-0.3, -0.25) is 4.79 Å². The summed E-state index contributed by atoms with van der Waals surface area (Å²) in [6.45, 7) is 4.63. The number of amides is 1. The van der Waals surface area contributed by atoms with E-state index in [4.69, 9.17) is 0 Å². The van der Waals surface area contributed by atoms with Gasteiger partial charge in [-0.1, -0.05) is 26.0 Å². The largest absolute Gasteiger partial charge is 0.355 e. The van der Waals surface area contributed by atoms with Crippen molar-refractivity contribution >= 4 is 15.9 Å². The number of benzene rings is 1. The maximum Gasteiger partial charge on any atom is 0.235 e. The first-order chi connectivity index (χ1) is 10.7. The average Bonchev–Trinajstić information content (AvgIpc) is 2.43. The van der Waals surface area contributed by atoms with Crippen molar-refractivity contribution in [2.45, 2.75) is 26.7 Å². The molecule has 0 fully saturated rings. The average molecular weight is 344 g/mol. The van der Waals surface area contributed by atoms with Gasteiger partial charge in [-0.15, -0.1) is 0 Å². The molecule has 0 saturated carbocycles. The van der Waals surface area contributed by atoms with Crippen molar-refractivity contribution in [2.24, 2.45) is 5.92 Å². The molecular formula is C16H25FN2O3S. The Morgan fingerprint density at radius 3 is 2.39 bits per heavy atom. The van der Waals surface area contributed by atoms with E-state index in [-0.39, 0.29) is 24.8 Å². The summed E-state index contributed by atoms with van der Waals surface area (Å²) in [5.74, 6) is -0.173. The molecule has 0 bridgehead atoms. The van der Waals surface area contributed by atoms with Crippen LogP contribution in [0.25, 0.3) is 0 Å². The van der Waals surface area contributed by atoms with E-state index in [2.05, 4.69) is 19.2 Å². The number of carbonyl (C=O) groups is 1. The second kappa shape index (κ2) is 8.98. The first-order valence-electron chi connectivity index (χ1n) is 7.64. The summed E-state index contributed by atoms with van der Waals surface area (Å²) in [5.41, 5.74) is 0.820. The van der Waals surface area contributed by atoms with Gasteiger partial charge in [-0.05, 0) is 36.5 Å². The Balaban J connectivity index is 2.56. The van der Waals surface area contributed by atoms with Crippen molar-refractivity contribution in [2.75, 3.05) is 25.9 Å². The minimum absolute atomic E-state index is 0.183. The van der Waals surface area contributed by atoms with Crippen LogP contribution in [0.15, 0.2) is 24.3 Å². The standard InChI is InChI=1S/C16H25FN2O3S/c1-13(2)8-10-18-16(20)12-19(23(3,21)22)11-9-14-4-6-15(17)7-5-14/h4-7,13H,8-12H2,1-3H3,(H,18,20). The molecule has 7 heteroatoms. The Morgan fingerprint density at radius 1 is 1.26 bits per heavy atom. The Morgan fingerprint density at radius 2 is 1.87 bits per heavy atom. The second-order valence-corrected chi connectivity index (χ2v) is 7.99. The molecule has 0 aromatic heterocycles. The Bertz CT molecular complexity index is 600. The normalized spacial score (nSPS) is 11.9. The Labute approximate surface area is 137 Å². The van der Waals surface area contributed by atoms with Gasteiger partial charge in [0.2, 0.25) is 15.9 Å². The fourth-order valence-electron chi connectivity index (χ4n) is 1.98. The highest BCUT2D eigenvalue weighted by atomic mass is 32.2. The summed E-state index contributed by atoms with van der Waals surface area (Å²) in [7, 11) is -3.48. The van der Waals surface area contributed by atoms with E-state index in [0.717, 1.165) is 22.5 Å². The third kappa shape index (κ3) is 8.08. The second-order valence-electron chi connectivity index (χ2n) is 6.01. The fraction of sp³-hybridized carbons (Fsp3) is 0.562. The van der Waals surface area contributed by atoms with Gasteiger partial charge in [-0.2, -0.15) is 4.31 Å². The molecule has 0 spiro atoms. The van der Waals surface area contributed by atoms with Crippen LogP contribution in [0.2, 0.25) is 0 Å². The Kier molecular flexibility index (Phi) is 7.64. The van der Waals surface area contributed by atoms with Crippen LogP contribution in [0, 0.1) is 11.7 Å². The van der Waals surface area contributed by atoms with Gasteiger partial charge in [0.05, 0.1) is 12.8 Å². The Hall–Kier alpha value is -1.47. The third-order valence-corrected chi connectivity index (χ3v) is 4.65. The van der Waals surface area contributed by atoms with Crippen molar-refractivity contribution in [1.82, 2.24) is 9.62 Å². The summed E-state index contributed by atoms with van der Waals surface area (Å²) in [6, 6.07) is 5.88. The van der Waals surface area contributed by atoms with Crippen molar-refractivity contribution in [1.29, 1.82) is 0 Å². The number of hydrogen-bond donors (Lipinski definition) is 1. The van der Waals surface area contributed by atoms with Gasteiger partial charge >= 0.3 is 0 Å². The number of nitrogens with zero attached hydrogens (tertiary/aromatic N) is 1. The molecule has 0 aliphatic heterocycles. The molecule has 1 aromatic rings. The molecule has 0 heterocycles. The smallest absolute Gasteiger partial charge is 0.235 e. The molecule has 1 N–H and O–H groups in total. The molecule has 0 radical (unpaired) electrons. The lowest BCUT2D eigenvalue weighted by atomic mass is 10.1. The lowest BCUT2D eigenvalue weighted by Gasteiger charge is -2.19. The molecule has 0 atom stereocenters. The van der Waals surface area contributed by atoms with Gasteiger partial charge in [-0.25, -0.2) is 12.8 Å². The number of carbonyl (C=O) groups excluding carboxylic acids is 1. The summed E-state index contributed by atoms with van der Waals surface area (Å²) >= 11 is 0. The maximum atomic E-state index is 12.9. The van der Waals surface area contributed by atoms with Crippen LogP contribution in [0.3, 0.4) is 0 Å². The first kappa shape index (κ1) is 19.6. The summed E-state index contributed by atoms with van der Waals surface area (Å²) in [5, 5.41) is 2.73. The molecule has 1 rings (SSSR count). The zero-order chi connectivity index (χ0) is 17.5. The molecule has 0 saturated heterocycles. The quantitative estimate of drug-likeness (QED) is 0.743. The molecule has 1 aromatic carbocycles. The molecule has 130 valence electrons. The molecule has 5 nitrogen and oxygen atoms in total. The number of hydrogen-bond acceptors (Lipinski definition) is 3. The third-order valence-electron chi connectivity index (χ3n) is 3.40. The van der Waals surface area contributed by atoms with Gasteiger partial charge in [0, 0.05) is 13.1 Å². The van der Waals surface area contributed by atoms with Crippen molar-refractivity contribution in [3.05, 3.63) is 35.6 Å². The van der Waals surface area contributed by atoms with E-state index in [1.165, 1.54) is 12.1 Å². The topological polar surface area (TPSA) is 66.5 Å². The molecule has 0 aliphatic rings. The van der Waals surface area contributed by atoms with Crippen LogP contribution in [0.5, 0.6) is 0 Å². The van der Waals surface area contributed by atoms with Crippen LogP contribution in [0.1, 0.15) is 25.8 Å². The molecule has 0 aliphatic carbocycles. The van der Waals surface area contributed by atoms with E-state index < -0.39 is 10.0 Å². The predicted octanol–water partition coefficient (Wildman–Crippen LogP) is 1.79. The fourth-order valence-corrected chi connectivity index (χ4v) is 2.76. The minimum atomic E-state index is -3.48. The zero-order valence-corrected chi connectivity index (χ0v) is 14.7. The maximum absolute atomic E-state index is 12.9. The van der Waals surface area contributed by atoms with Gasteiger partial charge in [0.25, 0.3) is 0 Å². The van der Waals surface area contributed by atoms with Gasteiger partial charge in [0.15, 0.2) is 0 Å². The minimum Gasteiger partial charge on any atom is -0.355 e. The summed E-state index contributed by atoms with van der Waals surface area (Å²) in [6.07, 6.45) is 2.35. The predicted molar refractivity (Wildman–Crippen MR) is 89.0 cm³/mol. The van der Waals surface area contributed by atoms with Crippen LogP contribution < -0.4 is 5.32 Å². The van der Waals surface area contributed by atoms with Crippen molar-refractivity contribution < 1.29 is 17.6 Å². The van der Waals surface area contributed by atoms with E-state index >= 15 is 0 Å². The van der Waals surface area contributed by atoms with E-state index in [1.807, 2.05) is 0 Å². The van der Waals surface area contributed by atoms with Gasteiger partial charge in [0.1, 0.15) is 5.82 Å². The zero-order valence-electron chi connectivity index (χ0n) is 13.9. The molecule has 23 heavy (non-hydrogen) atoms. The number of rotatable bonds is 9. The number of nitrogens with one attached hydrogen (secondary N) is 1. The van der Waals surface area contributed by atoms with E-state index in [0.29, 0.717) is 18.9 Å².